The highest BCUT2D eigenvalue weighted by Crippen LogP contribution is 2.25. The molecule has 0 saturated carbocycles. The molecular weight excluding hydrogens is 450 g/mol. The average Bonchev–Trinajstić information content (AvgIpc) is 3.35. The van der Waals surface area contributed by atoms with E-state index in [1.807, 2.05) is 102 Å². The zero-order chi connectivity index (χ0) is 24.9. The van der Waals surface area contributed by atoms with Crippen molar-refractivity contribution in [1.82, 2.24) is 24.5 Å². The van der Waals surface area contributed by atoms with Crippen LogP contribution in [0.4, 0.5) is 0 Å². The van der Waals surface area contributed by atoms with Crippen LogP contribution in [0.15, 0.2) is 114 Å². The van der Waals surface area contributed by atoms with Crippen LogP contribution in [0, 0.1) is 0 Å². The van der Waals surface area contributed by atoms with E-state index in [-0.39, 0.29) is 18.0 Å². The maximum Gasteiger partial charge on any atom is 0.267 e. The Kier molecular flexibility index (Phi) is 6.53. The van der Waals surface area contributed by atoms with Gasteiger partial charge in [0.2, 0.25) is 5.91 Å². The van der Waals surface area contributed by atoms with Crippen LogP contribution in [0.25, 0.3) is 28.2 Å². The molecule has 0 aliphatic rings. The van der Waals surface area contributed by atoms with Crippen molar-refractivity contribution in [2.24, 2.45) is 0 Å². The molecule has 0 aliphatic carbocycles. The lowest BCUT2D eigenvalue weighted by molar-refractivity contribution is -0.131. The number of carbonyl (C=O) groups is 1. The molecule has 0 spiro atoms. The van der Waals surface area contributed by atoms with Crippen molar-refractivity contribution in [1.29, 1.82) is 0 Å². The first-order chi connectivity index (χ1) is 17.6. The van der Waals surface area contributed by atoms with Crippen LogP contribution in [-0.2, 0) is 17.9 Å². The number of nitrogens with zero attached hydrogens (tertiary/aromatic N) is 5. The molecule has 178 valence electrons. The van der Waals surface area contributed by atoms with E-state index in [0.29, 0.717) is 12.2 Å². The van der Waals surface area contributed by atoms with E-state index in [1.54, 1.807) is 18.0 Å². The summed E-state index contributed by atoms with van der Waals surface area (Å²) in [5.74, 6) is -0.221. The molecule has 0 aliphatic heterocycles. The monoisotopic (exact) mass is 475 g/mol. The molecule has 2 aromatic heterocycles. The summed E-state index contributed by atoms with van der Waals surface area (Å²) in [6.45, 7) is 0.187. The Hall–Kier alpha value is -4.78. The van der Waals surface area contributed by atoms with Gasteiger partial charge < -0.3 is 4.90 Å². The minimum absolute atomic E-state index is 0.149. The fraction of sp³-hybridized carbons (Fsp3) is 0.103. The molecule has 1 amide bonds. The van der Waals surface area contributed by atoms with Gasteiger partial charge in [-0.1, -0.05) is 78.9 Å². The first-order valence-electron chi connectivity index (χ1n) is 11.7. The fourth-order valence-electron chi connectivity index (χ4n) is 4.00. The summed E-state index contributed by atoms with van der Waals surface area (Å²) in [7, 11) is 1.73. The molecule has 7 nitrogen and oxygen atoms in total. The summed E-state index contributed by atoms with van der Waals surface area (Å²) >= 11 is 0. The topological polar surface area (TPSA) is 73.0 Å². The number of hydrogen-bond donors (Lipinski definition) is 0. The largest absolute Gasteiger partial charge is 0.340 e. The van der Waals surface area contributed by atoms with E-state index in [4.69, 9.17) is 5.10 Å². The Labute approximate surface area is 208 Å². The van der Waals surface area contributed by atoms with Crippen molar-refractivity contribution in [2.45, 2.75) is 13.1 Å². The molecule has 0 bridgehead atoms. The normalized spacial score (nSPS) is 10.8. The third kappa shape index (κ3) is 5.00. The van der Waals surface area contributed by atoms with Gasteiger partial charge in [0.15, 0.2) is 0 Å². The van der Waals surface area contributed by atoms with Crippen LogP contribution in [0.5, 0.6) is 0 Å². The highest BCUT2D eigenvalue weighted by atomic mass is 16.2. The van der Waals surface area contributed by atoms with Crippen LogP contribution in [0.1, 0.15) is 5.56 Å². The predicted molar refractivity (Wildman–Crippen MR) is 139 cm³/mol. The molecule has 7 heteroatoms. The van der Waals surface area contributed by atoms with Gasteiger partial charge in [-0.05, 0) is 18.2 Å². The maximum atomic E-state index is 13.1. The summed E-state index contributed by atoms with van der Waals surface area (Å²) in [4.78, 5) is 27.2. The molecule has 5 aromatic rings. The Morgan fingerprint density at radius 3 is 2.06 bits per heavy atom. The van der Waals surface area contributed by atoms with E-state index < -0.39 is 0 Å². The number of amides is 1. The summed E-state index contributed by atoms with van der Waals surface area (Å²) in [5, 5.41) is 9.24. The van der Waals surface area contributed by atoms with Crippen molar-refractivity contribution in [3.8, 4) is 28.2 Å². The molecule has 0 N–H and O–H groups in total. The van der Waals surface area contributed by atoms with Gasteiger partial charge in [-0.2, -0.15) is 10.2 Å². The summed E-state index contributed by atoms with van der Waals surface area (Å²) in [6, 6.07) is 32.4. The van der Waals surface area contributed by atoms with Gasteiger partial charge in [-0.15, -0.1) is 0 Å². The predicted octanol–water partition coefficient (Wildman–Crippen LogP) is 4.42. The second-order valence-corrected chi connectivity index (χ2v) is 8.48. The molecule has 5 rings (SSSR count). The molecule has 0 radical (unpaired) electrons. The Morgan fingerprint density at radius 2 is 1.39 bits per heavy atom. The number of aromatic nitrogens is 4. The Bertz CT molecular complexity index is 1530. The standard InChI is InChI=1S/C29H25N5O2/c1-32(28(36)21-34-27(35)18-17-26(30-34)22-11-5-2-6-12-22)19-24-20-33(25-15-9-4-10-16-25)31-29(24)23-13-7-3-8-14-23/h2-18,20H,19,21H2,1H3. The molecule has 36 heavy (non-hydrogen) atoms. The van der Waals surface area contributed by atoms with E-state index in [9.17, 15) is 9.59 Å². The van der Waals surface area contributed by atoms with Gasteiger partial charge in [-0.25, -0.2) is 9.36 Å². The number of benzene rings is 3. The lowest BCUT2D eigenvalue weighted by atomic mass is 10.1. The van der Waals surface area contributed by atoms with Crippen LogP contribution in [-0.4, -0.2) is 37.4 Å². The van der Waals surface area contributed by atoms with Crippen LogP contribution >= 0.6 is 0 Å². The fourth-order valence-corrected chi connectivity index (χ4v) is 4.00. The van der Waals surface area contributed by atoms with Gasteiger partial charge in [-0.3, -0.25) is 9.59 Å². The minimum atomic E-state index is -0.321. The highest BCUT2D eigenvalue weighted by Gasteiger charge is 2.18. The van der Waals surface area contributed by atoms with E-state index >= 15 is 0 Å². The minimum Gasteiger partial charge on any atom is -0.340 e. The van der Waals surface area contributed by atoms with Gasteiger partial charge in [0.1, 0.15) is 6.54 Å². The highest BCUT2D eigenvalue weighted by molar-refractivity contribution is 5.76. The molecule has 3 aromatic carbocycles. The first-order valence-corrected chi connectivity index (χ1v) is 11.7. The zero-order valence-corrected chi connectivity index (χ0v) is 19.9. The summed E-state index contributed by atoms with van der Waals surface area (Å²) in [6.07, 6.45) is 1.95. The van der Waals surface area contributed by atoms with Gasteiger partial charge in [0.05, 0.1) is 17.1 Å². The zero-order valence-electron chi connectivity index (χ0n) is 19.9. The van der Waals surface area contributed by atoms with E-state index in [0.717, 1.165) is 28.1 Å². The van der Waals surface area contributed by atoms with Crippen LogP contribution in [0.3, 0.4) is 0 Å². The quantitative estimate of drug-likeness (QED) is 0.349. The number of para-hydroxylation sites is 1. The van der Waals surface area contributed by atoms with E-state index in [2.05, 4.69) is 5.10 Å². The Morgan fingerprint density at radius 1 is 0.778 bits per heavy atom. The molecule has 2 heterocycles. The molecule has 0 fully saturated rings. The second-order valence-electron chi connectivity index (χ2n) is 8.48. The van der Waals surface area contributed by atoms with Gasteiger partial charge >= 0.3 is 0 Å². The lowest BCUT2D eigenvalue weighted by Crippen LogP contribution is -2.34. The SMILES string of the molecule is CN(Cc1cn(-c2ccccc2)nc1-c1ccccc1)C(=O)Cn1nc(-c2ccccc2)ccc1=O. The maximum absolute atomic E-state index is 13.1. The Balaban J connectivity index is 1.40. The van der Waals surface area contributed by atoms with Crippen molar-refractivity contribution >= 4 is 5.91 Å². The van der Waals surface area contributed by atoms with Crippen molar-refractivity contribution in [3.05, 3.63) is 125 Å². The average molecular weight is 476 g/mol. The first kappa shape index (κ1) is 23.0. The van der Waals surface area contributed by atoms with Gasteiger partial charge in [0, 0.05) is 42.5 Å². The number of rotatable bonds is 7. The van der Waals surface area contributed by atoms with Crippen molar-refractivity contribution in [2.75, 3.05) is 7.05 Å². The van der Waals surface area contributed by atoms with Crippen LogP contribution < -0.4 is 5.56 Å². The van der Waals surface area contributed by atoms with Crippen molar-refractivity contribution < 1.29 is 4.79 Å². The third-order valence-electron chi connectivity index (χ3n) is 5.91. The third-order valence-corrected chi connectivity index (χ3v) is 5.91. The summed E-state index contributed by atoms with van der Waals surface area (Å²) < 4.78 is 3.04. The smallest absolute Gasteiger partial charge is 0.267 e. The van der Waals surface area contributed by atoms with E-state index in [1.165, 1.54) is 10.7 Å². The van der Waals surface area contributed by atoms with Gasteiger partial charge in [0.25, 0.3) is 5.56 Å². The van der Waals surface area contributed by atoms with Crippen molar-refractivity contribution in [3.63, 3.8) is 0 Å². The molecule has 0 saturated heterocycles. The van der Waals surface area contributed by atoms with Crippen LogP contribution in [0.2, 0.25) is 0 Å². The lowest BCUT2D eigenvalue weighted by Gasteiger charge is -2.17. The number of carbonyl (C=O) groups excluding carboxylic acids is 1. The molecular formula is C29H25N5O2. The number of likely N-dealkylation sites (N-methyl/N-ethyl adjacent to an activating group) is 1. The molecule has 0 atom stereocenters. The number of hydrogen-bond acceptors (Lipinski definition) is 4. The summed E-state index contributed by atoms with van der Waals surface area (Å²) in [5.41, 5.74) is 4.81. The second kappa shape index (κ2) is 10.2. The molecule has 0 unspecified atom stereocenters.